The summed E-state index contributed by atoms with van der Waals surface area (Å²) in [5, 5.41) is 0. The number of piperidine rings is 1. The highest BCUT2D eigenvalue weighted by atomic mass is 19.1. The van der Waals surface area contributed by atoms with Gasteiger partial charge in [-0.1, -0.05) is 0 Å². The predicted molar refractivity (Wildman–Crippen MR) is 76.3 cm³/mol. The van der Waals surface area contributed by atoms with Gasteiger partial charge < -0.3 is 14.4 Å². The zero-order chi connectivity index (χ0) is 15.2. The van der Waals surface area contributed by atoms with Gasteiger partial charge in [-0.15, -0.1) is 0 Å². The second-order valence-corrected chi connectivity index (χ2v) is 6.47. The Morgan fingerprint density at radius 1 is 1.35 bits per heavy atom. The molecule has 4 nitrogen and oxygen atoms in total. The molecule has 5 heteroatoms. The number of hydrogen-bond acceptors (Lipinski definition) is 3. The fourth-order valence-electron chi connectivity index (χ4n) is 2.35. The van der Waals surface area contributed by atoms with Crippen molar-refractivity contribution >= 4 is 6.09 Å². The molecule has 118 valence electrons. The third kappa shape index (κ3) is 7.08. The first-order valence-corrected chi connectivity index (χ1v) is 7.51. The van der Waals surface area contributed by atoms with Crippen LogP contribution >= 0.6 is 0 Å². The van der Waals surface area contributed by atoms with Crippen LogP contribution < -0.4 is 0 Å². The number of nitrogens with zero attached hydrogens (tertiary/aromatic N) is 1. The molecule has 0 bridgehead atoms. The minimum atomic E-state index is -1.18. The maximum atomic E-state index is 12.5. The van der Waals surface area contributed by atoms with E-state index in [1.807, 2.05) is 20.8 Å². The fraction of sp³-hybridized carbons (Fsp3) is 0.933. The van der Waals surface area contributed by atoms with E-state index in [2.05, 4.69) is 0 Å². The van der Waals surface area contributed by atoms with E-state index in [4.69, 9.17) is 9.47 Å². The van der Waals surface area contributed by atoms with Crippen LogP contribution in [0.3, 0.4) is 0 Å². The summed E-state index contributed by atoms with van der Waals surface area (Å²) in [6, 6.07) is 0. The monoisotopic (exact) mass is 289 g/mol. The zero-order valence-corrected chi connectivity index (χ0v) is 13.2. The third-order valence-corrected chi connectivity index (χ3v) is 3.37. The van der Waals surface area contributed by atoms with Crippen molar-refractivity contribution in [1.82, 2.24) is 4.90 Å². The molecule has 0 spiro atoms. The maximum Gasteiger partial charge on any atom is 0.410 e. The number of rotatable bonds is 5. The van der Waals surface area contributed by atoms with Crippen molar-refractivity contribution in [2.45, 2.75) is 65.3 Å². The smallest absolute Gasteiger partial charge is 0.410 e. The van der Waals surface area contributed by atoms with Crippen LogP contribution in [0.25, 0.3) is 0 Å². The lowest BCUT2D eigenvalue weighted by atomic mass is 9.92. The Morgan fingerprint density at radius 3 is 2.45 bits per heavy atom. The van der Waals surface area contributed by atoms with E-state index in [0.717, 1.165) is 38.8 Å². The second-order valence-electron chi connectivity index (χ2n) is 6.47. The molecule has 1 aliphatic rings. The molecule has 0 saturated carbocycles. The first-order valence-electron chi connectivity index (χ1n) is 7.51. The van der Waals surface area contributed by atoms with Gasteiger partial charge in [0.2, 0.25) is 0 Å². The highest BCUT2D eigenvalue weighted by Gasteiger charge is 2.26. The van der Waals surface area contributed by atoms with Crippen molar-refractivity contribution in [3.8, 4) is 0 Å². The SMILES string of the molecule is CC(F)OCCCC1CCN(C(=O)OC(C)(C)C)CC1. The number of ether oxygens (including phenoxy) is 2. The lowest BCUT2D eigenvalue weighted by Gasteiger charge is -2.33. The molecule has 0 N–H and O–H groups in total. The van der Waals surface area contributed by atoms with Crippen LogP contribution in [0.2, 0.25) is 0 Å². The number of hydrogen-bond donors (Lipinski definition) is 0. The van der Waals surface area contributed by atoms with E-state index < -0.39 is 12.0 Å². The summed E-state index contributed by atoms with van der Waals surface area (Å²) in [4.78, 5) is 13.7. The Morgan fingerprint density at radius 2 is 1.95 bits per heavy atom. The highest BCUT2D eigenvalue weighted by molar-refractivity contribution is 5.68. The van der Waals surface area contributed by atoms with Gasteiger partial charge in [0, 0.05) is 13.1 Å². The molecule has 0 radical (unpaired) electrons. The number of amides is 1. The molecule has 0 aliphatic carbocycles. The number of halogens is 1. The molecule has 1 rings (SSSR count). The molecule has 1 fully saturated rings. The molecule has 1 atom stereocenters. The third-order valence-electron chi connectivity index (χ3n) is 3.37. The summed E-state index contributed by atoms with van der Waals surface area (Å²) >= 11 is 0. The Bertz CT molecular complexity index is 294. The van der Waals surface area contributed by atoms with Crippen LogP contribution in [-0.2, 0) is 9.47 Å². The number of likely N-dealkylation sites (tertiary alicyclic amines) is 1. The van der Waals surface area contributed by atoms with Gasteiger partial charge in [-0.05, 0) is 59.3 Å². The van der Waals surface area contributed by atoms with Gasteiger partial charge >= 0.3 is 6.09 Å². The van der Waals surface area contributed by atoms with Crippen molar-refractivity contribution in [2.24, 2.45) is 5.92 Å². The molecule has 1 unspecified atom stereocenters. The topological polar surface area (TPSA) is 38.8 Å². The number of carbonyl (C=O) groups is 1. The van der Waals surface area contributed by atoms with Gasteiger partial charge in [0.15, 0.2) is 6.36 Å². The summed E-state index contributed by atoms with van der Waals surface area (Å²) in [6.07, 6.45) is 2.50. The fourth-order valence-corrected chi connectivity index (χ4v) is 2.35. The lowest BCUT2D eigenvalue weighted by Crippen LogP contribution is -2.41. The molecule has 0 aromatic carbocycles. The van der Waals surface area contributed by atoms with Crippen molar-refractivity contribution in [3.05, 3.63) is 0 Å². The second kappa shape index (κ2) is 7.81. The molecular formula is C15H28FNO3. The average molecular weight is 289 g/mol. The Labute approximate surface area is 121 Å². The molecule has 0 aromatic heterocycles. The number of carbonyl (C=O) groups excluding carboxylic acids is 1. The van der Waals surface area contributed by atoms with Crippen molar-refractivity contribution < 1.29 is 18.7 Å². The van der Waals surface area contributed by atoms with E-state index in [1.165, 1.54) is 6.92 Å². The molecule has 1 aliphatic heterocycles. The van der Waals surface area contributed by atoms with E-state index in [9.17, 15) is 9.18 Å². The van der Waals surface area contributed by atoms with Crippen LogP contribution in [0, 0.1) is 5.92 Å². The summed E-state index contributed by atoms with van der Waals surface area (Å²) in [5.74, 6) is 0.604. The van der Waals surface area contributed by atoms with E-state index in [-0.39, 0.29) is 6.09 Å². The minimum absolute atomic E-state index is 0.217. The Balaban J connectivity index is 2.18. The largest absolute Gasteiger partial charge is 0.444 e. The van der Waals surface area contributed by atoms with Crippen LogP contribution in [0.5, 0.6) is 0 Å². The molecular weight excluding hydrogens is 261 g/mol. The average Bonchev–Trinajstić information content (AvgIpc) is 2.33. The predicted octanol–water partition coefficient (Wildman–Crippen LogP) is 3.75. The van der Waals surface area contributed by atoms with E-state index in [0.29, 0.717) is 12.5 Å². The maximum absolute atomic E-state index is 12.5. The molecule has 20 heavy (non-hydrogen) atoms. The van der Waals surface area contributed by atoms with Gasteiger partial charge in [0.05, 0.1) is 6.61 Å². The number of alkyl halides is 1. The van der Waals surface area contributed by atoms with E-state index >= 15 is 0 Å². The zero-order valence-electron chi connectivity index (χ0n) is 13.2. The van der Waals surface area contributed by atoms with Crippen LogP contribution in [-0.4, -0.2) is 42.6 Å². The van der Waals surface area contributed by atoms with Gasteiger partial charge in [0.1, 0.15) is 5.60 Å². The summed E-state index contributed by atoms with van der Waals surface area (Å²) in [5.41, 5.74) is -0.436. The van der Waals surface area contributed by atoms with Crippen LogP contribution in [0.15, 0.2) is 0 Å². The summed E-state index contributed by atoms with van der Waals surface area (Å²) < 4.78 is 22.7. The van der Waals surface area contributed by atoms with Crippen molar-refractivity contribution in [1.29, 1.82) is 0 Å². The quantitative estimate of drug-likeness (QED) is 0.724. The van der Waals surface area contributed by atoms with Gasteiger partial charge in [0.25, 0.3) is 0 Å². The minimum Gasteiger partial charge on any atom is -0.444 e. The standard InChI is InChI=1S/C15H28FNO3/c1-12(16)19-11-5-6-13-7-9-17(10-8-13)14(18)20-15(2,3)4/h12-13H,5-11H2,1-4H3. The first-order chi connectivity index (χ1) is 9.28. The van der Waals surface area contributed by atoms with Crippen LogP contribution in [0.4, 0.5) is 9.18 Å². The molecule has 1 heterocycles. The summed E-state index contributed by atoms with van der Waals surface area (Å²) in [6.45, 7) is 9.01. The highest BCUT2D eigenvalue weighted by Crippen LogP contribution is 2.23. The lowest BCUT2D eigenvalue weighted by molar-refractivity contribution is -0.0276. The van der Waals surface area contributed by atoms with Gasteiger partial charge in [-0.3, -0.25) is 0 Å². The van der Waals surface area contributed by atoms with Gasteiger partial charge in [-0.25, -0.2) is 9.18 Å². The van der Waals surface area contributed by atoms with Crippen molar-refractivity contribution in [2.75, 3.05) is 19.7 Å². The van der Waals surface area contributed by atoms with Crippen LogP contribution in [0.1, 0.15) is 53.4 Å². The normalized spacial score (nSPS) is 18.9. The summed E-state index contributed by atoms with van der Waals surface area (Å²) in [7, 11) is 0. The van der Waals surface area contributed by atoms with Crippen molar-refractivity contribution in [3.63, 3.8) is 0 Å². The molecule has 0 aromatic rings. The Kier molecular flexibility index (Phi) is 6.72. The van der Waals surface area contributed by atoms with Gasteiger partial charge in [-0.2, -0.15) is 0 Å². The van der Waals surface area contributed by atoms with E-state index in [1.54, 1.807) is 4.90 Å². The Hall–Kier alpha value is -0.840. The molecule has 1 amide bonds. The molecule has 1 saturated heterocycles. The first kappa shape index (κ1) is 17.2.